The predicted molar refractivity (Wildman–Crippen MR) is 109 cm³/mol. The van der Waals surface area contributed by atoms with E-state index in [1.807, 2.05) is 42.5 Å². The zero-order valence-electron chi connectivity index (χ0n) is 17.3. The number of benzene rings is 2. The number of aryl methyl sites for hydroxylation is 1. The SMILES string of the molecule is CCc1cccc(Oc2ccc3c(c2)CC(C(=O)O)N(C(=O)OC(C)(C)C)C3)c1. The van der Waals surface area contributed by atoms with Gasteiger partial charge in [0.25, 0.3) is 0 Å². The van der Waals surface area contributed by atoms with Crippen LogP contribution in [0, 0.1) is 0 Å². The number of aliphatic carboxylic acids is 1. The summed E-state index contributed by atoms with van der Waals surface area (Å²) >= 11 is 0. The van der Waals surface area contributed by atoms with Gasteiger partial charge in [-0.1, -0.05) is 25.1 Å². The molecule has 0 fully saturated rings. The number of carboxylic acid groups (broad SMARTS) is 1. The van der Waals surface area contributed by atoms with E-state index in [0.29, 0.717) is 5.75 Å². The monoisotopic (exact) mass is 397 g/mol. The Morgan fingerprint density at radius 1 is 1.10 bits per heavy atom. The van der Waals surface area contributed by atoms with Crippen molar-refractivity contribution in [3.8, 4) is 11.5 Å². The van der Waals surface area contributed by atoms with Gasteiger partial charge in [-0.25, -0.2) is 9.59 Å². The quantitative estimate of drug-likeness (QED) is 0.803. The first-order chi connectivity index (χ1) is 13.7. The van der Waals surface area contributed by atoms with E-state index < -0.39 is 23.7 Å². The van der Waals surface area contributed by atoms with Gasteiger partial charge in [-0.2, -0.15) is 0 Å². The minimum absolute atomic E-state index is 0.187. The van der Waals surface area contributed by atoms with Crippen molar-refractivity contribution in [1.82, 2.24) is 4.90 Å². The van der Waals surface area contributed by atoms with Crippen molar-refractivity contribution < 1.29 is 24.2 Å². The summed E-state index contributed by atoms with van der Waals surface area (Å²) in [5.74, 6) is 0.334. The van der Waals surface area contributed by atoms with E-state index in [4.69, 9.17) is 9.47 Å². The Hall–Kier alpha value is -3.02. The fourth-order valence-electron chi connectivity index (χ4n) is 3.32. The maximum absolute atomic E-state index is 12.5. The third kappa shape index (κ3) is 5.08. The normalized spacial score (nSPS) is 16.1. The number of amides is 1. The standard InChI is InChI=1S/C23H27NO5/c1-5-15-7-6-8-18(11-15)28-19-10-9-16-14-24(22(27)29-23(2,3)4)20(21(25)26)13-17(16)12-19/h6-12,20H,5,13-14H2,1-4H3,(H,25,26). The molecule has 2 aromatic carbocycles. The van der Waals surface area contributed by atoms with Gasteiger partial charge in [-0.15, -0.1) is 0 Å². The summed E-state index contributed by atoms with van der Waals surface area (Å²) in [6.07, 6.45) is 0.505. The highest BCUT2D eigenvalue weighted by Crippen LogP contribution is 2.31. The molecule has 1 aliphatic rings. The second kappa shape index (κ2) is 8.15. The third-order valence-corrected chi connectivity index (χ3v) is 4.76. The average Bonchev–Trinajstić information content (AvgIpc) is 2.65. The fraction of sp³-hybridized carbons (Fsp3) is 0.391. The van der Waals surface area contributed by atoms with Crippen molar-refractivity contribution in [3.05, 3.63) is 59.2 Å². The number of fused-ring (bicyclic) bond motifs is 1. The van der Waals surface area contributed by atoms with Crippen LogP contribution in [-0.2, 0) is 28.9 Å². The van der Waals surface area contributed by atoms with E-state index >= 15 is 0 Å². The minimum Gasteiger partial charge on any atom is -0.480 e. The van der Waals surface area contributed by atoms with Gasteiger partial charge in [0.05, 0.1) is 6.54 Å². The molecule has 1 aliphatic heterocycles. The average molecular weight is 397 g/mol. The topological polar surface area (TPSA) is 76.1 Å². The molecule has 29 heavy (non-hydrogen) atoms. The van der Waals surface area contributed by atoms with Crippen LogP contribution in [0.5, 0.6) is 11.5 Å². The Morgan fingerprint density at radius 2 is 1.83 bits per heavy atom. The van der Waals surface area contributed by atoms with Gasteiger partial charge in [-0.05, 0) is 68.1 Å². The van der Waals surface area contributed by atoms with Crippen LogP contribution < -0.4 is 4.74 Å². The summed E-state index contributed by atoms with van der Waals surface area (Å²) in [5, 5.41) is 9.66. The van der Waals surface area contributed by atoms with Gasteiger partial charge < -0.3 is 14.6 Å². The van der Waals surface area contributed by atoms with E-state index in [1.165, 1.54) is 10.5 Å². The summed E-state index contributed by atoms with van der Waals surface area (Å²) in [7, 11) is 0. The highest BCUT2D eigenvalue weighted by molar-refractivity contribution is 5.81. The molecule has 0 spiro atoms. The number of hydrogen-bond donors (Lipinski definition) is 1. The molecule has 1 unspecified atom stereocenters. The van der Waals surface area contributed by atoms with E-state index in [2.05, 4.69) is 6.92 Å². The molecule has 0 saturated heterocycles. The third-order valence-electron chi connectivity index (χ3n) is 4.76. The molecular weight excluding hydrogens is 370 g/mol. The summed E-state index contributed by atoms with van der Waals surface area (Å²) in [5.41, 5.74) is 2.24. The molecule has 2 aromatic rings. The molecule has 0 aliphatic carbocycles. The minimum atomic E-state index is -1.05. The van der Waals surface area contributed by atoms with Crippen molar-refractivity contribution in [1.29, 1.82) is 0 Å². The number of ether oxygens (including phenoxy) is 2. The van der Waals surface area contributed by atoms with Crippen molar-refractivity contribution in [2.45, 2.75) is 58.7 Å². The summed E-state index contributed by atoms with van der Waals surface area (Å²) < 4.78 is 11.4. The molecule has 0 bridgehead atoms. The lowest BCUT2D eigenvalue weighted by atomic mass is 9.94. The maximum atomic E-state index is 12.5. The summed E-state index contributed by atoms with van der Waals surface area (Å²) in [4.78, 5) is 25.6. The Kier molecular flexibility index (Phi) is 5.82. The van der Waals surface area contributed by atoms with Crippen LogP contribution >= 0.6 is 0 Å². The zero-order chi connectivity index (χ0) is 21.2. The maximum Gasteiger partial charge on any atom is 0.411 e. The largest absolute Gasteiger partial charge is 0.480 e. The van der Waals surface area contributed by atoms with Gasteiger partial charge in [0, 0.05) is 6.42 Å². The Labute approximate surface area is 171 Å². The number of carbonyl (C=O) groups is 2. The van der Waals surface area contributed by atoms with E-state index in [0.717, 1.165) is 23.3 Å². The molecule has 0 saturated carbocycles. The lowest BCUT2D eigenvalue weighted by molar-refractivity contribution is -0.143. The smallest absolute Gasteiger partial charge is 0.411 e. The lowest BCUT2D eigenvalue weighted by Crippen LogP contribution is -2.50. The van der Waals surface area contributed by atoms with Crippen LogP contribution in [0.4, 0.5) is 4.79 Å². The Morgan fingerprint density at radius 3 is 2.48 bits per heavy atom. The summed E-state index contributed by atoms with van der Waals surface area (Å²) in [6, 6.07) is 12.5. The van der Waals surface area contributed by atoms with Crippen LogP contribution in [-0.4, -0.2) is 33.7 Å². The number of carbonyl (C=O) groups excluding carboxylic acids is 1. The number of carboxylic acids is 1. The fourth-order valence-corrected chi connectivity index (χ4v) is 3.32. The predicted octanol–water partition coefficient (Wildman–Crippen LogP) is 4.79. The van der Waals surface area contributed by atoms with Crippen molar-refractivity contribution >= 4 is 12.1 Å². The van der Waals surface area contributed by atoms with Crippen LogP contribution in [0.15, 0.2) is 42.5 Å². The van der Waals surface area contributed by atoms with Gasteiger partial charge >= 0.3 is 12.1 Å². The Bertz CT molecular complexity index is 916. The molecular formula is C23H27NO5. The molecule has 1 amide bonds. The van der Waals surface area contributed by atoms with Gasteiger partial charge in [-0.3, -0.25) is 4.90 Å². The van der Waals surface area contributed by atoms with E-state index in [9.17, 15) is 14.7 Å². The molecule has 0 aromatic heterocycles. The highest BCUT2D eigenvalue weighted by Gasteiger charge is 2.37. The molecule has 0 radical (unpaired) electrons. The van der Waals surface area contributed by atoms with Gasteiger partial charge in [0.15, 0.2) is 0 Å². The second-order valence-corrected chi connectivity index (χ2v) is 8.20. The van der Waals surface area contributed by atoms with Gasteiger partial charge in [0.2, 0.25) is 0 Å². The highest BCUT2D eigenvalue weighted by atomic mass is 16.6. The van der Waals surface area contributed by atoms with Crippen molar-refractivity contribution in [3.63, 3.8) is 0 Å². The van der Waals surface area contributed by atoms with Crippen LogP contribution in [0.25, 0.3) is 0 Å². The van der Waals surface area contributed by atoms with E-state index in [-0.39, 0.29) is 13.0 Å². The molecule has 3 rings (SSSR count). The van der Waals surface area contributed by atoms with Crippen molar-refractivity contribution in [2.24, 2.45) is 0 Å². The first-order valence-corrected chi connectivity index (χ1v) is 9.77. The van der Waals surface area contributed by atoms with Crippen molar-refractivity contribution in [2.75, 3.05) is 0 Å². The van der Waals surface area contributed by atoms with Crippen LogP contribution in [0.1, 0.15) is 44.4 Å². The van der Waals surface area contributed by atoms with Crippen LogP contribution in [0.3, 0.4) is 0 Å². The molecule has 1 atom stereocenters. The molecule has 6 heteroatoms. The number of rotatable bonds is 4. The molecule has 6 nitrogen and oxygen atoms in total. The second-order valence-electron chi connectivity index (χ2n) is 8.20. The molecule has 1 heterocycles. The summed E-state index contributed by atoms with van der Waals surface area (Å²) in [6.45, 7) is 7.55. The first-order valence-electron chi connectivity index (χ1n) is 9.77. The molecule has 1 N–H and O–H groups in total. The Balaban J connectivity index is 1.83. The lowest BCUT2D eigenvalue weighted by Gasteiger charge is -2.35. The van der Waals surface area contributed by atoms with Crippen LogP contribution in [0.2, 0.25) is 0 Å². The number of hydrogen-bond acceptors (Lipinski definition) is 4. The zero-order valence-corrected chi connectivity index (χ0v) is 17.3. The van der Waals surface area contributed by atoms with E-state index in [1.54, 1.807) is 20.8 Å². The van der Waals surface area contributed by atoms with Gasteiger partial charge in [0.1, 0.15) is 23.1 Å². The number of nitrogens with zero attached hydrogens (tertiary/aromatic N) is 1. The molecule has 154 valence electrons. The first kappa shape index (κ1) is 20.7.